The molecule has 164 valence electrons. The molecule has 3 rings (SSSR count). The van der Waals surface area contributed by atoms with Gasteiger partial charge in [-0.05, 0) is 89.1 Å². The molecule has 2 N–H and O–H groups in total. The summed E-state index contributed by atoms with van der Waals surface area (Å²) in [5.74, 6) is 2.12. The fourth-order valence-electron chi connectivity index (χ4n) is 4.39. The zero-order valence-corrected chi connectivity index (χ0v) is 20.2. The molecule has 1 unspecified atom stereocenters. The summed E-state index contributed by atoms with van der Waals surface area (Å²) in [6.07, 6.45) is 9.75. The van der Waals surface area contributed by atoms with Crippen molar-refractivity contribution < 1.29 is 4.79 Å². The maximum atomic E-state index is 11.0. The first-order valence-corrected chi connectivity index (χ1v) is 13.4. The first-order valence-electron chi connectivity index (χ1n) is 11.1. The average molecular weight is 446 g/mol. The Hall–Kier alpha value is -1.40. The first-order chi connectivity index (χ1) is 14.4. The number of unbranched alkanes of at least 4 members (excludes halogenated alkanes) is 2. The third-order valence-electron chi connectivity index (χ3n) is 6.01. The van der Waals surface area contributed by atoms with Gasteiger partial charge in [0.15, 0.2) is 0 Å². The number of amides is 1. The van der Waals surface area contributed by atoms with Gasteiger partial charge in [-0.3, -0.25) is 4.79 Å². The highest BCUT2D eigenvalue weighted by Gasteiger charge is 2.34. The van der Waals surface area contributed by atoms with Gasteiger partial charge in [0, 0.05) is 34.0 Å². The second-order valence-corrected chi connectivity index (χ2v) is 11.5. The summed E-state index contributed by atoms with van der Waals surface area (Å²) in [4.78, 5) is 16.0. The van der Waals surface area contributed by atoms with Gasteiger partial charge in [-0.2, -0.15) is 0 Å². The van der Waals surface area contributed by atoms with Crippen LogP contribution in [0.2, 0.25) is 0 Å². The molecule has 1 aliphatic heterocycles. The number of rotatable bonds is 11. The average Bonchev–Trinajstić information content (AvgIpc) is 3.29. The van der Waals surface area contributed by atoms with Crippen LogP contribution in [-0.2, 0) is 11.2 Å². The largest absolute Gasteiger partial charge is 0.370 e. The Kier molecular flexibility index (Phi) is 8.35. The lowest BCUT2D eigenvalue weighted by atomic mass is 9.91. The molecular weight excluding hydrogens is 410 g/mol. The number of carbonyl (C=O) groups is 1. The van der Waals surface area contributed by atoms with E-state index in [1.807, 2.05) is 10.8 Å². The van der Waals surface area contributed by atoms with Crippen molar-refractivity contribution >= 4 is 27.5 Å². The highest BCUT2D eigenvalue weighted by molar-refractivity contribution is 8.77. The van der Waals surface area contributed by atoms with E-state index in [0.29, 0.717) is 11.2 Å². The molecule has 1 aliphatic rings. The van der Waals surface area contributed by atoms with Crippen LogP contribution in [0.1, 0.15) is 74.0 Å². The minimum absolute atomic E-state index is 0.173. The maximum Gasteiger partial charge on any atom is 0.217 e. The number of aryl methyl sites for hydroxylation is 4. The molecule has 0 aliphatic carbocycles. The molecular formula is C24H35N3OS2. The molecule has 0 spiro atoms. The normalized spacial score (nSPS) is 18.8. The number of hydrogen-bond acceptors (Lipinski definition) is 4. The van der Waals surface area contributed by atoms with Crippen LogP contribution in [0, 0.1) is 20.8 Å². The molecule has 0 radical (unpaired) electrons. The number of nitrogens with two attached hydrogens (primary N) is 1. The fraction of sp³-hybridized carbons (Fsp3) is 0.583. The van der Waals surface area contributed by atoms with Crippen molar-refractivity contribution in [3.8, 4) is 5.82 Å². The number of pyridine rings is 1. The summed E-state index contributed by atoms with van der Waals surface area (Å²) < 4.78 is 2.64. The molecule has 2 aromatic heterocycles. The topological polar surface area (TPSA) is 60.9 Å². The van der Waals surface area contributed by atoms with Gasteiger partial charge in [0.1, 0.15) is 5.82 Å². The van der Waals surface area contributed by atoms with Crippen molar-refractivity contribution in [1.82, 2.24) is 9.55 Å². The SMILES string of the molecule is Cc1cc(CCCCC2(CCCCC(N)=O)CCSS2)nc(-n2c(C)ccc2C)c1. The summed E-state index contributed by atoms with van der Waals surface area (Å²) in [6.45, 7) is 6.43. The van der Waals surface area contributed by atoms with Crippen molar-refractivity contribution in [2.75, 3.05) is 5.75 Å². The minimum atomic E-state index is -0.173. The zero-order chi connectivity index (χ0) is 21.6. The Labute approximate surface area is 189 Å². The predicted molar refractivity (Wildman–Crippen MR) is 130 cm³/mol. The van der Waals surface area contributed by atoms with Crippen molar-refractivity contribution in [2.24, 2.45) is 5.73 Å². The van der Waals surface area contributed by atoms with Gasteiger partial charge in [0.05, 0.1) is 0 Å². The second kappa shape index (κ2) is 10.8. The van der Waals surface area contributed by atoms with Gasteiger partial charge in [-0.25, -0.2) is 4.98 Å². The summed E-state index contributed by atoms with van der Waals surface area (Å²) >= 11 is 0. The van der Waals surface area contributed by atoms with Crippen LogP contribution in [0.15, 0.2) is 24.3 Å². The highest BCUT2D eigenvalue weighted by Crippen LogP contribution is 2.52. The standard InChI is InChI=1S/C24H35N3OS2/c1-18-16-21(26-23(17-18)27-19(2)10-11-20(27)3)8-4-6-12-24(14-15-29-30-24)13-7-5-9-22(25)28/h10-11,16-17H,4-9,12-15H2,1-3H3,(H2,25,28). The van der Waals surface area contributed by atoms with E-state index in [4.69, 9.17) is 10.7 Å². The first kappa shape index (κ1) is 23.3. The number of nitrogens with zero attached hydrogens (tertiary/aromatic N) is 2. The minimum Gasteiger partial charge on any atom is -0.370 e. The summed E-state index contributed by atoms with van der Waals surface area (Å²) in [5, 5.41) is 0. The molecule has 0 bridgehead atoms. The van der Waals surface area contributed by atoms with Crippen molar-refractivity contribution in [3.63, 3.8) is 0 Å². The van der Waals surface area contributed by atoms with Gasteiger partial charge in [0.25, 0.3) is 0 Å². The lowest BCUT2D eigenvalue weighted by molar-refractivity contribution is -0.118. The molecule has 1 fully saturated rings. The lowest BCUT2D eigenvalue weighted by Crippen LogP contribution is -2.21. The molecule has 4 nitrogen and oxygen atoms in total. The Bertz CT molecular complexity index is 837. The predicted octanol–water partition coefficient (Wildman–Crippen LogP) is 6.08. The van der Waals surface area contributed by atoms with Gasteiger partial charge < -0.3 is 10.3 Å². The van der Waals surface area contributed by atoms with Gasteiger partial charge in [-0.1, -0.05) is 34.4 Å². The van der Waals surface area contributed by atoms with E-state index < -0.39 is 0 Å². The molecule has 3 heterocycles. The van der Waals surface area contributed by atoms with E-state index in [-0.39, 0.29) is 5.91 Å². The number of primary amides is 1. The van der Waals surface area contributed by atoms with E-state index in [2.05, 4.69) is 60.4 Å². The molecule has 1 amide bonds. The molecule has 2 aromatic rings. The molecule has 0 aromatic carbocycles. The summed E-state index contributed by atoms with van der Waals surface area (Å²) in [6, 6.07) is 8.72. The van der Waals surface area contributed by atoms with Crippen LogP contribution >= 0.6 is 21.6 Å². The van der Waals surface area contributed by atoms with E-state index >= 15 is 0 Å². The van der Waals surface area contributed by atoms with Crippen LogP contribution in [0.5, 0.6) is 0 Å². The molecule has 0 saturated carbocycles. The number of carbonyl (C=O) groups excluding carboxylic acids is 1. The van der Waals surface area contributed by atoms with E-state index in [0.717, 1.165) is 25.1 Å². The molecule has 1 atom stereocenters. The van der Waals surface area contributed by atoms with Crippen LogP contribution in [-0.4, -0.2) is 26.0 Å². The third kappa shape index (κ3) is 6.30. The van der Waals surface area contributed by atoms with Crippen LogP contribution in [0.4, 0.5) is 0 Å². The smallest absolute Gasteiger partial charge is 0.217 e. The van der Waals surface area contributed by atoms with Crippen LogP contribution in [0.3, 0.4) is 0 Å². The molecule has 1 saturated heterocycles. The monoisotopic (exact) mass is 445 g/mol. The van der Waals surface area contributed by atoms with Gasteiger partial charge >= 0.3 is 0 Å². The van der Waals surface area contributed by atoms with Crippen molar-refractivity contribution in [3.05, 3.63) is 46.9 Å². The van der Waals surface area contributed by atoms with Crippen molar-refractivity contribution in [2.45, 2.75) is 83.3 Å². The van der Waals surface area contributed by atoms with Gasteiger partial charge in [-0.15, -0.1) is 0 Å². The van der Waals surface area contributed by atoms with E-state index in [1.165, 1.54) is 60.5 Å². The number of hydrogen-bond donors (Lipinski definition) is 1. The quantitative estimate of drug-likeness (QED) is 0.336. The van der Waals surface area contributed by atoms with Gasteiger partial charge in [0.2, 0.25) is 5.91 Å². The van der Waals surface area contributed by atoms with Crippen LogP contribution in [0.25, 0.3) is 5.82 Å². The van der Waals surface area contributed by atoms with Crippen LogP contribution < -0.4 is 5.73 Å². The third-order valence-corrected chi connectivity index (χ3v) is 9.38. The summed E-state index contributed by atoms with van der Waals surface area (Å²) in [5.41, 5.74) is 10.2. The van der Waals surface area contributed by atoms with Crippen molar-refractivity contribution in [1.29, 1.82) is 0 Å². The Balaban J connectivity index is 1.54. The maximum absolute atomic E-state index is 11.0. The van der Waals surface area contributed by atoms with E-state index in [9.17, 15) is 4.79 Å². The molecule has 6 heteroatoms. The Morgan fingerprint density at radius 3 is 2.43 bits per heavy atom. The van der Waals surface area contributed by atoms with E-state index in [1.54, 1.807) is 0 Å². The Morgan fingerprint density at radius 2 is 1.80 bits per heavy atom. The Morgan fingerprint density at radius 1 is 1.10 bits per heavy atom. The zero-order valence-electron chi connectivity index (χ0n) is 18.6. The number of aromatic nitrogens is 2. The summed E-state index contributed by atoms with van der Waals surface area (Å²) in [7, 11) is 4.10. The molecule has 30 heavy (non-hydrogen) atoms. The lowest BCUT2D eigenvalue weighted by Gasteiger charge is -2.27. The highest BCUT2D eigenvalue weighted by atomic mass is 33.1. The fourth-order valence-corrected chi connectivity index (χ4v) is 7.96. The second-order valence-electron chi connectivity index (χ2n) is 8.66.